The van der Waals surface area contributed by atoms with Gasteiger partial charge in [-0.2, -0.15) is 0 Å². The Kier molecular flexibility index (Phi) is 7.30. The van der Waals surface area contributed by atoms with Gasteiger partial charge in [-0.15, -0.1) is 0 Å². The Morgan fingerprint density at radius 2 is 1.62 bits per heavy atom. The van der Waals surface area contributed by atoms with Crippen molar-refractivity contribution in [1.82, 2.24) is 0 Å². The second-order valence-electron chi connectivity index (χ2n) is 7.28. The lowest BCUT2D eigenvalue weighted by Crippen LogP contribution is -2.47. The maximum absolute atomic E-state index is 12.0. The smallest absolute Gasteiger partial charge is 0.316 e. The van der Waals surface area contributed by atoms with Crippen LogP contribution in [0.3, 0.4) is 0 Å². The Balaban J connectivity index is 5.07. The van der Waals surface area contributed by atoms with Crippen molar-refractivity contribution in [3.05, 3.63) is 0 Å². The normalized spacial score (nSPS) is 17.0. The van der Waals surface area contributed by atoms with E-state index in [-0.39, 0.29) is 29.5 Å². The molecule has 0 bridgehead atoms. The van der Waals surface area contributed by atoms with Gasteiger partial charge in [0.1, 0.15) is 11.7 Å². The lowest BCUT2D eigenvalue weighted by atomic mass is 9.87. The van der Waals surface area contributed by atoms with E-state index < -0.39 is 20.2 Å². The molecule has 0 saturated heterocycles. The average molecular weight is 317 g/mol. The number of hydrogen-bond donors (Lipinski definition) is 0. The van der Waals surface area contributed by atoms with Gasteiger partial charge in [0, 0.05) is 12.0 Å². The molecule has 0 saturated carbocycles. The van der Waals surface area contributed by atoms with Crippen LogP contribution >= 0.6 is 0 Å². The van der Waals surface area contributed by atoms with Gasteiger partial charge in [0.05, 0.1) is 6.61 Å². The SMILES string of the molecule is CCOC(=O)C(C(C)=O)C(C)[C@@H](C)O[Si](C)(C)C(C)(C)C. The van der Waals surface area contributed by atoms with Crippen LogP contribution in [-0.4, -0.2) is 32.8 Å². The second kappa shape index (κ2) is 7.54. The molecule has 0 aromatic heterocycles. The molecule has 0 rings (SSSR count). The molecule has 21 heavy (non-hydrogen) atoms. The van der Waals surface area contributed by atoms with E-state index >= 15 is 0 Å². The number of ether oxygens (including phenoxy) is 1. The van der Waals surface area contributed by atoms with Crippen molar-refractivity contribution in [2.45, 2.75) is 72.7 Å². The first-order valence-electron chi connectivity index (χ1n) is 7.70. The zero-order valence-electron chi connectivity index (χ0n) is 15.1. The van der Waals surface area contributed by atoms with Crippen molar-refractivity contribution >= 4 is 20.1 Å². The van der Waals surface area contributed by atoms with Crippen molar-refractivity contribution in [3.8, 4) is 0 Å². The third-order valence-corrected chi connectivity index (χ3v) is 9.10. The van der Waals surface area contributed by atoms with Gasteiger partial charge in [0.15, 0.2) is 8.32 Å². The van der Waals surface area contributed by atoms with Crippen molar-refractivity contribution < 1.29 is 18.8 Å². The Morgan fingerprint density at radius 1 is 1.14 bits per heavy atom. The van der Waals surface area contributed by atoms with E-state index in [0.717, 1.165) is 0 Å². The predicted molar refractivity (Wildman–Crippen MR) is 87.7 cm³/mol. The quantitative estimate of drug-likeness (QED) is 0.407. The summed E-state index contributed by atoms with van der Waals surface area (Å²) in [5.74, 6) is -1.55. The largest absolute Gasteiger partial charge is 0.465 e. The molecule has 2 unspecified atom stereocenters. The first-order valence-corrected chi connectivity index (χ1v) is 10.6. The molecule has 0 aromatic carbocycles. The monoisotopic (exact) mass is 316 g/mol. The van der Waals surface area contributed by atoms with Crippen LogP contribution in [0, 0.1) is 11.8 Å². The summed E-state index contributed by atoms with van der Waals surface area (Å²) < 4.78 is 11.3. The Labute approximate surface area is 130 Å². The minimum Gasteiger partial charge on any atom is -0.465 e. The average Bonchev–Trinajstić information content (AvgIpc) is 2.26. The summed E-state index contributed by atoms with van der Waals surface area (Å²) in [6.45, 7) is 18.2. The zero-order chi connectivity index (χ0) is 17.0. The van der Waals surface area contributed by atoms with Crippen molar-refractivity contribution in [2.24, 2.45) is 11.8 Å². The molecule has 3 atom stereocenters. The van der Waals surface area contributed by atoms with Crippen LogP contribution in [0.25, 0.3) is 0 Å². The molecule has 5 heteroatoms. The number of hydrogen-bond acceptors (Lipinski definition) is 4. The molecule has 0 N–H and O–H groups in total. The number of Topliss-reactive ketones (excluding diaryl/α,β-unsaturated/α-hetero) is 1. The Morgan fingerprint density at radius 3 is 1.95 bits per heavy atom. The highest BCUT2D eigenvalue weighted by molar-refractivity contribution is 6.74. The van der Waals surface area contributed by atoms with Gasteiger partial charge in [0.2, 0.25) is 0 Å². The first-order chi connectivity index (χ1) is 9.35. The molecule has 0 amide bonds. The van der Waals surface area contributed by atoms with Crippen LogP contribution in [0.2, 0.25) is 18.1 Å². The van der Waals surface area contributed by atoms with Crippen molar-refractivity contribution in [2.75, 3.05) is 6.61 Å². The second-order valence-corrected chi connectivity index (χ2v) is 12.0. The summed E-state index contributed by atoms with van der Waals surface area (Å²) in [5, 5.41) is 0.0939. The van der Waals surface area contributed by atoms with E-state index in [1.807, 2.05) is 13.8 Å². The van der Waals surface area contributed by atoms with Gasteiger partial charge in [0.25, 0.3) is 0 Å². The molecule has 0 spiro atoms. The van der Waals surface area contributed by atoms with Crippen LogP contribution in [0.15, 0.2) is 0 Å². The highest BCUT2D eigenvalue weighted by atomic mass is 28.4. The molecule has 0 aliphatic carbocycles. The Hall–Kier alpha value is -0.683. The minimum absolute atomic E-state index is 0.0939. The van der Waals surface area contributed by atoms with E-state index in [4.69, 9.17) is 9.16 Å². The van der Waals surface area contributed by atoms with E-state index in [1.165, 1.54) is 6.92 Å². The molecule has 0 radical (unpaired) electrons. The first kappa shape index (κ1) is 20.3. The highest BCUT2D eigenvalue weighted by Crippen LogP contribution is 2.38. The highest BCUT2D eigenvalue weighted by Gasteiger charge is 2.42. The fourth-order valence-corrected chi connectivity index (χ4v) is 3.50. The van der Waals surface area contributed by atoms with Gasteiger partial charge in [-0.1, -0.05) is 27.7 Å². The van der Waals surface area contributed by atoms with Crippen LogP contribution in [0.5, 0.6) is 0 Å². The zero-order valence-corrected chi connectivity index (χ0v) is 16.1. The topological polar surface area (TPSA) is 52.6 Å². The van der Waals surface area contributed by atoms with Gasteiger partial charge in [-0.3, -0.25) is 9.59 Å². The molecule has 0 fully saturated rings. The molecular weight excluding hydrogens is 284 g/mol. The molecular formula is C16H32O4Si. The number of esters is 1. The maximum Gasteiger partial charge on any atom is 0.316 e. The van der Waals surface area contributed by atoms with Gasteiger partial charge in [-0.05, 0) is 38.9 Å². The molecule has 0 heterocycles. The van der Waals surface area contributed by atoms with Gasteiger partial charge in [-0.25, -0.2) is 0 Å². The summed E-state index contributed by atoms with van der Waals surface area (Å²) >= 11 is 0. The fourth-order valence-electron chi connectivity index (χ4n) is 2.00. The van der Waals surface area contributed by atoms with Gasteiger partial charge >= 0.3 is 5.97 Å². The number of carbonyl (C=O) groups is 2. The van der Waals surface area contributed by atoms with Crippen molar-refractivity contribution in [1.29, 1.82) is 0 Å². The number of rotatable bonds is 7. The number of ketones is 1. The summed E-state index contributed by atoms with van der Waals surface area (Å²) in [6, 6.07) is 0. The Bertz CT molecular complexity index is 371. The van der Waals surface area contributed by atoms with Crippen LogP contribution in [0.1, 0.15) is 48.5 Å². The molecule has 4 nitrogen and oxygen atoms in total. The molecule has 0 aliphatic heterocycles. The molecule has 124 valence electrons. The third-order valence-electron chi connectivity index (χ3n) is 4.53. The number of carbonyl (C=O) groups excluding carboxylic acids is 2. The molecule has 0 aromatic rings. The van der Waals surface area contributed by atoms with E-state index in [2.05, 4.69) is 33.9 Å². The standard InChI is InChI=1S/C16H32O4Si/c1-10-19-15(18)14(12(3)17)11(2)13(4)20-21(8,9)16(5,6)7/h11,13-14H,10H2,1-9H3/t11?,13-,14?/m1/s1. The third kappa shape index (κ3) is 5.55. The predicted octanol–water partition coefficient (Wildman–Crippen LogP) is 3.80. The summed E-state index contributed by atoms with van der Waals surface area (Å²) in [6.07, 6.45) is -0.163. The van der Waals surface area contributed by atoms with E-state index in [9.17, 15) is 9.59 Å². The lowest BCUT2D eigenvalue weighted by molar-refractivity contribution is -0.154. The summed E-state index contributed by atoms with van der Waals surface area (Å²) in [4.78, 5) is 23.8. The minimum atomic E-state index is -1.93. The van der Waals surface area contributed by atoms with E-state index in [0.29, 0.717) is 0 Å². The lowest BCUT2D eigenvalue weighted by Gasteiger charge is -2.40. The van der Waals surface area contributed by atoms with Crippen LogP contribution in [-0.2, 0) is 18.8 Å². The van der Waals surface area contributed by atoms with Crippen LogP contribution < -0.4 is 0 Å². The van der Waals surface area contributed by atoms with Crippen LogP contribution in [0.4, 0.5) is 0 Å². The summed E-state index contributed by atoms with van der Waals surface area (Å²) in [7, 11) is -1.93. The molecule has 0 aliphatic rings. The van der Waals surface area contributed by atoms with E-state index in [1.54, 1.807) is 6.92 Å². The van der Waals surface area contributed by atoms with Crippen molar-refractivity contribution in [3.63, 3.8) is 0 Å². The van der Waals surface area contributed by atoms with Gasteiger partial charge < -0.3 is 9.16 Å². The fraction of sp³-hybridized carbons (Fsp3) is 0.875. The summed E-state index contributed by atoms with van der Waals surface area (Å²) in [5.41, 5.74) is 0. The maximum atomic E-state index is 12.0.